The van der Waals surface area contributed by atoms with E-state index in [1.54, 1.807) is 0 Å². The summed E-state index contributed by atoms with van der Waals surface area (Å²) < 4.78 is 4.38. The number of hydrogen-bond donors (Lipinski definition) is 3. The number of rotatable bonds is 1. The van der Waals surface area contributed by atoms with Crippen LogP contribution in [0.2, 0.25) is 0 Å². The third-order valence-electron chi connectivity index (χ3n) is 2.05. The van der Waals surface area contributed by atoms with Crippen LogP contribution in [0.15, 0.2) is 10.9 Å². The van der Waals surface area contributed by atoms with Crippen LogP contribution in [0.3, 0.4) is 0 Å². The van der Waals surface area contributed by atoms with Gasteiger partial charge in [-0.3, -0.25) is 4.79 Å². The van der Waals surface area contributed by atoms with Crippen molar-refractivity contribution in [2.45, 2.75) is 6.92 Å². The number of carbonyl (C=O) groups is 1. The predicted octanol–water partition coefficient (Wildman–Crippen LogP) is 0.259. The van der Waals surface area contributed by atoms with Gasteiger partial charge in [0.25, 0.3) is 0 Å². The maximum absolute atomic E-state index is 11.3. The van der Waals surface area contributed by atoms with Crippen molar-refractivity contribution in [3.8, 4) is 17.2 Å². The first-order chi connectivity index (χ1) is 7.40. The number of methoxy groups -OCH3 is 1. The molecule has 0 bridgehead atoms. The number of hydrogen-bond acceptors (Lipinski definition) is 6. The fourth-order valence-corrected chi connectivity index (χ4v) is 1.23. The molecule has 86 valence electrons. The van der Waals surface area contributed by atoms with Crippen LogP contribution in [0.25, 0.3) is 0 Å². The molecule has 6 nitrogen and oxygen atoms in total. The average molecular weight is 226 g/mol. The topological polar surface area (TPSA) is 104 Å². The highest BCUT2D eigenvalue weighted by atomic mass is 16.5. The van der Waals surface area contributed by atoms with Crippen molar-refractivity contribution in [1.29, 1.82) is 0 Å². The fourth-order valence-electron chi connectivity index (χ4n) is 1.23. The van der Waals surface area contributed by atoms with E-state index in [0.29, 0.717) is 0 Å². The molecule has 1 aromatic carbocycles. The molecule has 0 radical (unpaired) electrons. The quantitative estimate of drug-likeness (QED) is 0.593. The smallest absolute Gasteiger partial charge is 0.342 e. The molecule has 6 heteroatoms. The maximum Gasteiger partial charge on any atom is 0.342 e. The standard InChI is InChI=1S/C10H10O6/c1-4-3-5(11)7(12)9(14)8(13)6(4)10(15)16-2/h3H,1-2H3,(H3,11,12,13,14). The molecule has 0 saturated heterocycles. The minimum Gasteiger partial charge on any atom is -0.504 e. The van der Waals surface area contributed by atoms with Crippen LogP contribution in [0.4, 0.5) is 0 Å². The van der Waals surface area contributed by atoms with Gasteiger partial charge in [-0.1, -0.05) is 0 Å². The van der Waals surface area contributed by atoms with Crippen molar-refractivity contribution in [3.63, 3.8) is 0 Å². The van der Waals surface area contributed by atoms with Gasteiger partial charge in [-0.25, -0.2) is 4.79 Å². The monoisotopic (exact) mass is 226 g/mol. The highest BCUT2D eigenvalue weighted by molar-refractivity contribution is 5.94. The molecule has 16 heavy (non-hydrogen) atoms. The summed E-state index contributed by atoms with van der Waals surface area (Å²) >= 11 is 0. The van der Waals surface area contributed by atoms with E-state index in [1.165, 1.54) is 6.92 Å². The molecule has 0 aromatic heterocycles. The first-order valence-corrected chi connectivity index (χ1v) is 4.27. The summed E-state index contributed by atoms with van der Waals surface area (Å²) in [5, 5.41) is 28.0. The number of esters is 1. The molecule has 0 spiro atoms. The summed E-state index contributed by atoms with van der Waals surface area (Å²) in [7, 11) is 1.09. The van der Waals surface area contributed by atoms with Crippen molar-refractivity contribution in [3.05, 3.63) is 27.4 Å². The van der Waals surface area contributed by atoms with E-state index < -0.39 is 28.6 Å². The SMILES string of the molecule is COC(=O)c1c(C)cc(=O)c(O)c(O)c1O. The predicted molar refractivity (Wildman–Crippen MR) is 53.8 cm³/mol. The van der Waals surface area contributed by atoms with Crippen LogP contribution in [-0.4, -0.2) is 28.4 Å². The van der Waals surface area contributed by atoms with Gasteiger partial charge in [-0.2, -0.15) is 0 Å². The molecule has 3 N–H and O–H groups in total. The Morgan fingerprint density at radius 2 is 1.75 bits per heavy atom. The Bertz CT molecular complexity index is 506. The van der Waals surface area contributed by atoms with Gasteiger partial charge in [0.2, 0.25) is 16.9 Å². The van der Waals surface area contributed by atoms with E-state index in [9.17, 15) is 24.9 Å². The van der Waals surface area contributed by atoms with E-state index in [-0.39, 0.29) is 11.1 Å². The molecule has 0 amide bonds. The van der Waals surface area contributed by atoms with Gasteiger partial charge >= 0.3 is 5.97 Å². The van der Waals surface area contributed by atoms with Crippen LogP contribution in [0.1, 0.15) is 15.9 Å². The summed E-state index contributed by atoms with van der Waals surface area (Å²) in [6, 6.07) is 0.918. The van der Waals surface area contributed by atoms with Crippen LogP contribution in [-0.2, 0) is 4.74 Å². The lowest BCUT2D eigenvalue weighted by atomic mass is 10.1. The second-order valence-corrected chi connectivity index (χ2v) is 3.10. The highest BCUT2D eigenvalue weighted by Crippen LogP contribution is 2.34. The molecule has 0 unspecified atom stereocenters. The fraction of sp³-hybridized carbons (Fsp3) is 0.200. The van der Waals surface area contributed by atoms with Crippen LogP contribution >= 0.6 is 0 Å². The summed E-state index contributed by atoms with van der Waals surface area (Å²) in [6.07, 6.45) is 0. The van der Waals surface area contributed by atoms with Gasteiger partial charge < -0.3 is 20.1 Å². The zero-order valence-electron chi connectivity index (χ0n) is 8.64. The minimum absolute atomic E-state index is 0.0879. The summed E-state index contributed by atoms with van der Waals surface area (Å²) in [6.45, 7) is 1.37. The Balaban J connectivity index is 3.78. The molecule has 0 saturated carbocycles. The lowest BCUT2D eigenvalue weighted by molar-refractivity contribution is 0.0596. The van der Waals surface area contributed by atoms with E-state index in [2.05, 4.69) is 4.74 Å². The van der Waals surface area contributed by atoms with Crippen LogP contribution < -0.4 is 5.43 Å². The van der Waals surface area contributed by atoms with Crippen molar-refractivity contribution >= 4 is 5.97 Å². The zero-order chi connectivity index (χ0) is 12.5. The van der Waals surface area contributed by atoms with Gasteiger partial charge in [-0.05, 0) is 18.6 Å². The van der Waals surface area contributed by atoms with Gasteiger partial charge in [0, 0.05) is 0 Å². The Kier molecular flexibility index (Phi) is 3.03. The third-order valence-corrected chi connectivity index (χ3v) is 2.05. The largest absolute Gasteiger partial charge is 0.504 e. The summed E-state index contributed by atoms with van der Waals surface area (Å²) in [5.74, 6) is -3.86. The van der Waals surface area contributed by atoms with Gasteiger partial charge in [-0.15, -0.1) is 0 Å². The van der Waals surface area contributed by atoms with Crippen LogP contribution in [0, 0.1) is 6.92 Å². The second-order valence-electron chi connectivity index (χ2n) is 3.10. The first kappa shape index (κ1) is 11.8. The summed E-state index contributed by atoms with van der Waals surface area (Å²) in [4.78, 5) is 22.5. The van der Waals surface area contributed by atoms with E-state index >= 15 is 0 Å². The molecule has 0 heterocycles. The maximum atomic E-state index is 11.3. The minimum atomic E-state index is -1.04. The molecule has 0 atom stereocenters. The molecule has 0 aliphatic heterocycles. The van der Waals surface area contributed by atoms with E-state index in [0.717, 1.165) is 13.2 Å². The van der Waals surface area contributed by atoms with Gasteiger partial charge in [0.15, 0.2) is 5.75 Å². The molecular weight excluding hydrogens is 216 g/mol. The van der Waals surface area contributed by atoms with Crippen LogP contribution in [0.5, 0.6) is 17.2 Å². The third kappa shape index (κ3) is 1.77. The number of carbonyl (C=O) groups excluding carboxylic acids is 1. The highest BCUT2D eigenvalue weighted by Gasteiger charge is 2.20. The van der Waals surface area contributed by atoms with E-state index in [4.69, 9.17) is 0 Å². The Hall–Kier alpha value is -2.24. The zero-order valence-corrected chi connectivity index (χ0v) is 8.64. The number of aryl methyl sites for hydroxylation is 1. The second kappa shape index (κ2) is 4.09. The van der Waals surface area contributed by atoms with Crippen molar-refractivity contribution < 1.29 is 24.9 Å². The Morgan fingerprint density at radius 1 is 1.19 bits per heavy atom. The average Bonchev–Trinajstić information content (AvgIpc) is 2.31. The molecule has 0 aliphatic rings. The Labute approximate surface area is 90.4 Å². The Morgan fingerprint density at radius 3 is 2.25 bits per heavy atom. The first-order valence-electron chi connectivity index (χ1n) is 4.27. The molecule has 1 aromatic rings. The van der Waals surface area contributed by atoms with E-state index in [1.807, 2.05) is 0 Å². The lowest BCUT2D eigenvalue weighted by Gasteiger charge is -2.02. The normalized spacial score (nSPS) is 9.88. The van der Waals surface area contributed by atoms with Crippen molar-refractivity contribution in [2.75, 3.05) is 7.11 Å². The number of aromatic hydroxyl groups is 3. The molecule has 1 rings (SSSR count). The molecule has 0 fully saturated rings. The lowest BCUT2D eigenvalue weighted by Crippen LogP contribution is -2.03. The molecule has 0 aliphatic carbocycles. The molecular formula is C10H10O6. The van der Waals surface area contributed by atoms with Gasteiger partial charge in [0.05, 0.1) is 7.11 Å². The van der Waals surface area contributed by atoms with Crippen molar-refractivity contribution in [2.24, 2.45) is 0 Å². The van der Waals surface area contributed by atoms with Gasteiger partial charge in [0.1, 0.15) is 5.56 Å². The number of ether oxygens (including phenoxy) is 1. The summed E-state index contributed by atoms with van der Waals surface area (Å²) in [5.41, 5.74) is -1.18. The van der Waals surface area contributed by atoms with Crippen molar-refractivity contribution in [1.82, 2.24) is 0 Å².